The minimum atomic E-state index is -0.280. The Hall–Kier alpha value is -3.88. The van der Waals surface area contributed by atoms with Crippen LogP contribution in [0.1, 0.15) is 0 Å². The molecular formula is C22H22FN7O. The van der Waals surface area contributed by atoms with Crippen LogP contribution in [0.15, 0.2) is 54.7 Å². The van der Waals surface area contributed by atoms with E-state index in [1.807, 2.05) is 12.1 Å². The fourth-order valence-corrected chi connectivity index (χ4v) is 3.69. The van der Waals surface area contributed by atoms with Crippen LogP contribution in [0.3, 0.4) is 0 Å². The Morgan fingerprint density at radius 2 is 1.65 bits per heavy atom. The number of hydrogen-bond acceptors (Lipinski definition) is 7. The van der Waals surface area contributed by atoms with Crippen molar-refractivity contribution in [3.63, 3.8) is 0 Å². The van der Waals surface area contributed by atoms with Crippen molar-refractivity contribution in [1.82, 2.24) is 20.2 Å². The molecule has 2 aromatic heterocycles. The number of piperazine rings is 1. The molecule has 1 aliphatic rings. The summed E-state index contributed by atoms with van der Waals surface area (Å²) in [5.41, 5.74) is 2.58. The quantitative estimate of drug-likeness (QED) is 0.512. The van der Waals surface area contributed by atoms with E-state index in [-0.39, 0.29) is 5.82 Å². The average Bonchev–Trinajstić information content (AvgIpc) is 3.30. The van der Waals surface area contributed by atoms with E-state index in [0.717, 1.165) is 43.0 Å². The van der Waals surface area contributed by atoms with Crippen molar-refractivity contribution >= 4 is 34.2 Å². The van der Waals surface area contributed by atoms with Gasteiger partial charge in [-0.3, -0.25) is 5.10 Å². The second kappa shape index (κ2) is 8.10. The highest BCUT2D eigenvalue weighted by atomic mass is 19.1. The number of nitrogens with zero attached hydrogens (tertiary/aromatic N) is 5. The molecule has 5 rings (SSSR count). The number of H-pyrrole nitrogens is 1. The van der Waals surface area contributed by atoms with E-state index < -0.39 is 0 Å². The molecule has 0 saturated carbocycles. The van der Waals surface area contributed by atoms with Gasteiger partial charge in [-0.25, -0.2) is 4.39 Å². The molecule has 1 saturated heterocycles. The van der Waals surface area contributed by atoms with Gasteiger partial charge < -0.3 is 19.9 Å². The minimum Gasteiger partial charge on any atom is -0.497 e. The number of aromatic amines is 1. The lowest BCUT2D eigenvalue weighted by atomic mass is 10.2. The number of rotatable bonds is 5. The monoisotopic (exact) mass is 419 g/mol. The van der Waals surface area contributed by atoms with Gasteiger partial charge >= 0.3 is 0 Å². The van der Waals surface area contributed by atoms with E-state index in [4.69, 9.17) is 9.72 Å². The first-order chi connectivity index (χ1) is 15.2. The number of aromatic nitrogens is 4. The van der Waals surface area contributed by atoms with Crippen molar-refractivity contribution in [3.8, 4) is 5.75 Å². The third-order valence-corrected chi connectivity index (χ3v) is 5.40. The number of halogens is 1. The average molecular weight is 419 g/mol. The predicted molar refractivity (Wildman–Crippen MR) is 119 cm³/mol. The minimum absolute atomic E-state index is 0.280. The number of hydrogen-bond donors (Lipinski definition) is 2. The molecule has 0 amide bonds. The van der Waals surface area contributed by atoms with Crippen LogP contribution in [0.25, 0.3) is 11.0 Å². The number of benzene rings is 2. The number of anilines is 4. The van der Waals surface area contributed by atoms with Gasteiger partial charge in [0.25, 0.3) is 0 Å². The van der Waals surface area contributed by atoms with E-state index in [2.05, 4.69) is 42.4 Å². The van der Waals surface area contributed by atoms with Crippen molar-refractivity contribution in [2.45, 2.75) is 0 Å². The van der Waals surface area contributed by atoms with Crippen molar-refractivity contribution in [1.29, 1.82) is 0 Å². The summed E-state index contributed by atoms with van der Waals surface area (Å²) < 4.78 is 18.5. The van der Waals surface area contributed by atoms with Crippen molar-refractivity contribution in [2.75, 3.05) is 48.4 Å². The number of fused-ring (bicyclic) bond motifs is 1. The smallest absolute Gasteiger partial charge is 0.229 e. The van der Waals surface area contributed by atoms with Gasteiger partial charge in [-0.1, -0.05) is 0 Å². The fraction of sp³-hybridized carbons (Fsp3) is 0.227. The topological polar surface area (TPSA) is 82.2 Å². The van der Waals surface area contributed by atoms with Crippen molar-refractivity contribution < 1.29 is 9.13 Å². The van der Waals surface area contributed by atoms with Crippen LogP contribution in [0.2, 0.25) is 0 Å². The molecule has 0 bridgehead atoms. The van der Waals surface area contributed by atoms with Gasteiger partial charge in [0.05, 0.1) is 18.7 Å². The standard InChI is InChI=1S/C22H22FN7O/c1-31-18-8-6-17(7-9-18)29-10-12-30(13-11-29)22-26-20(19-14-24-28-21(19)27-22)25-16-4-2-15(23)3-5-16/h2-9,14H,10-13H2,1H3,(H2,24,25,26,27,28). The zero-order chi connectivity index (χ0) is 21.2. The van der Waals surface area contributed by atoms with Gasteiger partial charge in [-0.15, -0.1) is 0 Å². The molecule has 4 aromatic rings. The summed E-state index contributed by atoms with van der Waals surface area (Å²) in [7, 11) is 1.67. The maximum atomic E-state index is 13.2. The molecule has 1 fully saturated rings. The zero-order valence-electron chi connectivity index (χ0n) is 17.0. The van der Waals surface area contributed by atoms with Gasteiger partial charge in [0, 0.05) is 37.6 Å². The molecule has 0 aliphatic carbocycles. The normalized spacial score (nSPS) is 14.1. The maximum absolute atomic E-state index is 13.2. The van der Waals surface area contributed by atoms with Gasteiger partial charge in [0.15, 0.2) is 5.65 Å². The molecule has 158 valence electrons. The van der Waals surface area contributed by atoms with Gasteiger partial charge in [0.1, 0.15) is 17.4 Å². The first kappa shape index (κ1) is 19.1. The van der Waals surface area contributed by atoms with E-state index >= 15 is 0 Å². The lowest BCUT2D eigenvalue weighted by Crippen LogP contribution is -2.47. The molecule has 9 heteroatoms. The van der Waals surface area contributed by atoms with Crippen molar-refractivity contribution in [3.05, 3.63) is 60.5 Å². The van der Waals surface area contributed by atoms with Crippen LogP contribution in [0.5, 0.6) is 5.75 Å². The van der Waals surface area contributed by atoms with Crippen LogP contribution in [-0.4, -0.2) is 53.5 Å². The first-order valence-electron chi connectivity index (χ1n) is 10.1. The van der Waals surface area contributed by atoms with E-state index in [1.54, 1.807) is 25.4 Å². The molecule has 2 N–H and O–H groups in total. The molecule has 1 aliphatic heterocycles. The summed E-state index contributed by atoms with van der Waals surface area (Å²) in [6.07, 6.45) is 1.69. The summed E-state index contributed by atoms with van der Waals surface area (Å²) in [6, 6.07) is 14.3. The van der Waals surface area contributed by atoms with E-state index in [0.29, 0.717) is 17.4 Å². The Kier molecular flexibility index (Phi) is 4.99. The SMILES string of the molecule is COc1ccc(N2CCN(c3nc(Nc4ccc(F)cc4)c4cn[nH]c4n3)CC2)cc1. The summed E-state index contributed by atoms with van der Waals surface area (Å²) in [5, 5.41) is 11.1. The fourth-order valence-electron chi connectivity index (χ4n) is 3.69. The molecular weight excluding hydrogens is 397 g/mol. The zero-order valence-corrected chi connectivity index (χ0v) is 17.0. The second-order valence-corrected chi connectivity index (χ2v) is 7.31. The lowest BCUT2D eigenvalue weighted by molar-refractivity contribution is 0.415. The number of methoxy groups -OCH3 is 1. The van der Waals surface area contributed by atoms with Crippen LogP contribution in [-0.2, 0) is 0 Å². The van der Waals surface area contributed by atoms with E-state index in [1.165, 1.54) is 17.8 Å². The summed E-state index contributed by atoms with van der Waals surface area (Å²) in [5.74, 6) is 1.84. The molecule has 0 unspecified atom stereocenters. The third kappa shape index (κ3) is 3.94. The molecule has 0 radical (unpaired) electrons. The van der Waals surface area contributed by atoms with Crippen LogP contribution in [0.4, 0.5) is 27.5 Å². The van der Waals surface area contributed by atoms with E-state index in [9.17, 15) is 4.39 Å². The molecule has 3 heterocycles. The number of nitrogens with one attached hydrogen (secondary N) is 2. The Labute approximate surface area is 178 Å². The van der Waals surface area contributed by atoms with Crippen LogP contribution >= 0.6 is 0 Å². The Bertz CT molecular complexity index is 1170. The summed E-state index contributed by atoms with van der Waals surface area (Å²) >= 11 is 0. The summed E-state index contributed by atoms with van der Waals surface area (Å²) in [6.45, 7) is 3.30. The van der Waals surface area contributed by atoms with Gasteiger partial charge in [0.2, 0.25) is 5.95 Å². The predicted octanol–water partition coefficient (Wildman–Crippen LogP) is 3.57. The molecule has 0 spiro atoms. The highest BCUT2D eigenvalue weighted by molar-refractivity contribution is 5.89. The Balaban J connectivity index is 1.35. The molecule has 2 aromatic carbocycles. The molecule has 31 heavy (non-hydrogen) atoms. The highest BCUT2D eigenvalue weighted by Gasteiger charge is 2.21. The van der Waals surface area contributed by atoms with Crippen LogP contribution in [0, 0.1) is 5.82 Å². The Morgan fingerprint density at radius 3 is 2.35 bits per heavy atom. The molecule has 8 nitrogen and oxygen atoms in total. The van der Waals surface area contributed by atoms with Gasteiger partial charge in [-0.05, 0) is 48.5 Å². The third-order valence-electron chi connectivity index (χ3n) is 5.40. The highest BCUT2D eigenvalue weighted by Crippen LogP contribution is 2.27. The first-order valence-corrected chi connectivity index (χ1v) is 10.1. The Morgan fingerprint density at radius 1 is 0.935 bits per heavy atom. The van der Waals surface area contributed by atoms with Gasteiger partial charge in [-0.2, -0.15) is 15.1 Å². The second-order valence-electron chi connectivity index (χ2n) is 7.31. The summed E-state index contributed by atoms with van der Waals surface area (Å²) in [4.78, 5) is 13.9. The van der Waals surface area contributed by atoms with Crippen LogP contribution < -0.4 is 19.9 Å². The van der Waals surface area contributed by atoms with Crippen molar-refractivity contribution in [2.24, 2.45) is 0 Å². The number of ether oxygens (including phenoxy) is 1. The molecule has 0 atom stereocenters. The lowest BCUT2D eigenvalue weighted by Gasteiger charge is -2.36. The maximum Gasteiger partial charge on any atom is 0.229 e. The largest absolute Gasteiger partial charge is 0.497 e.